The van der Waals surface area contributed by atoms with E-state index in [1.165, 1.54) is 18.2 Å². The number of halogens is 7. The van der Waals surface area contributed by atoms with Crippen LogP contribution in [0.1, 0.15) is 35.7 Å². The summed E-state index contributed by atoms with van der Waals surface area (Å²) in [5.74, 6) is -10.1. The Kier molecular flexibility index (Phi) is 7.02. The van der Waals surface area contributed by atoms with E-state index in [9.17, 15) is 40.3 Å². The van der Waals surface area contributed by atoms with Gasteiger partial charge >= 0.3 is 12.8 Å². The zero-order valence-corrected chi connectivity index (χ0v) is 18.1. The number of nitrogens with one attached hydrogen (secondary N) is 1. The average molecular weight is 508 g/mol. The number of hydrogen-bond acceptors (Lipinski definition) is 4. The molecule has 13 heteroatoms. The molecular weight excluding hydrogens is 489 g/mol. The maximum Gasteiger partial charge on any atom is 0.417 e. The van der Waals surface area contributed by atoms with Crippen molar-refractivity contribution in [1.29, 1.82) is 0 Å². The molecule has 0 aromatic heterocycles. The molecule has 0 radical (unpaired) electrons. The minimum Gasteiger partial charge on any atom is -0.431 e. The Balaban J connectivity index is 2.10. The zero-order chi connectivity index (χ0) is 26.3. The van der Waals surface area contributed by atoms with Crippen LogP contribution in [-0.2, 0) is 9.53 Å². The van der Waals surface area contributed by atoms with Gasteiger partial charge in [-0.05, 0) is 31.2 Å². The van der Waals surface area contributed by atoms with Crippen LogP contribution in [0.3, 0.4) is 0 Å². The molecule has 2 aromatic carbocycles. The summed E-state index contributed by atoms with van der Waals surface area (Å²) in [7, 11) is 0. The molecule has 3 N–H and O–H groups in total. The maximum absolute atomic E-state index is 14.4. The second-order valence-corrected chi connectivity index (χ2v) is 8.05. The van der Waals surface area contributed by atoms with Crippen molar-refractivity contribution in [3.63, 3.8) is 0 Å². The number of hydrogen-bond donors (Lipinski definition) is 2. The molecule has 0 aliphatic carbocycles. The summed E-state index contributed by atoms with van der Waals surface area (Å²) in [6.45, 7) is -1.95. The molecule has 1 aliphatic heterocycles. The molecule has 4 atom stereocenters. The molecule has 1 aliphatic rings. The van der Waals surface area contributed by atoms with Crippen LogP contribution in [0.15, 0.2) is 36.4 Å². The Morgan fingerprint density at radius 1 is 1.17 bits per heavy atom. The van der Waals surface area contributed by atoms with Crippen LogP contribution in [0, 0.1) is 17.6 Å². The molecule has 0 saturated carbocycles. The van der Waals surface area contributed by atoms with Gasteiger partial charge in [-0.3, -0.25) is 9.59 Å². The molecule has 35 heavy (non-hydrogen) atoms. The number of alkyl halides is 5. The van der Waals surface area contributed by atoms with Crippen molar-refractivity contribution in [3.8, 4) is 5.75 Å². The van der Waals surface area contributed by atoms with E-state index in [1.54, 1.807) is 0 Å². The Labute approximate surface area is 194 Å². The summed E-state index contributed by atoms with van der Waals surface area (Å²) in [5, 5.41) is 2.28. The van der Waals surface area contributed by atoms with E-state index < -0.39 is 71.1 Å². The van der Waals surface area contributed by atoms with E-state index in [0.29, 0.717) is 13.0 Å². The van der Waals surface area contributed by atoms with Gasteiger partial charge in [-0.1, -0.05) is 19.1 Å². The van der Waals surface area contributed by atoms with E-state index in [2.05, 4.69) is 10.1 Å². The zero-order valence-electron chi connectivity index (χ0n) is 18.1. The van der Waals surface area contributed by atoms with E-state index in [4.69, 9.17) is 10.5 Å². The lowest BCUT2D eigenvalue weighted by molar-refractivity contribution is -0.272. The van der Waals surface area contributed by atoms with Crippen molar-refractivity contribution in [2.24, 2.45) is 11.7 Å². The second kappa shape index (κ2) is 9.36. The fourth-order valence-electron chi connectivity index (χ4n) is 4.01. The van der Waals surface area contributed by atoms with Crippen LogP contribution >= 0.6 is 0 Å². The number of ether oxygens (including phenoxy) is 2. The smallest absolute Gasteiger partial charge is 0.417 e. The average Bonchev–Trinajstić information content (AvgIpc) is 3.04. The summed E-state index contributed by atoms with van der Waals surface area (Å²) in [6, 6.07) is 6.41. The van der Waals surface area contributed by atoms with Gasteiger partial charge in [0.25, 0.3) is 5.91 Å². The molecule has 3 rings (SSSR count). The molecule has 190 valence electrons. The van der Waals surface area contributed by atoms with Crippen LogP contribution in [-0.4, -0.2) is 36.3 Å². The van der Waals surface area contributed by atoms with Gasteiger partial charge in [-0.25, -0.2) is 4.39 Å². The lowest BCUT2D eigenvalue weighted by Gasteiger charge is -2.32. The number of anilines is 1. The first-order chi connectivity index (χ1) is 16.2. The van der Waals surface area contributed by atoms with Gasteiger partial charge in [0.15, 0.2) is 17.2 Å². The number of amides is 2. The lowest BCUT2D eigenvalue weighted by atomic mass is 9.77. The van der Waals surface area contributed by atoms with E-state index >= 15 is 0 Å². The highest BCUT2D eigenvalue weighted by Gasteiger charge is 2.66. The number of primary amides is 1. The highest BCUT2D eigenvalue weighted by Crippen LogP contribution is 2.55. The number of benzene rings is 2. The summed E-state index contributed by atoms with van der Waals surface area (Å²) < 4.78 is 105. The Morgan fingerprint density at radius 2 is 1.83 bits per heavy atom. The molecule has 1 fully saturated rings. The van der Waals surface area contributed by atoms with Crippen molar-refractivity contribution in [3.05, 3.63) is 59.2 Å². The topological polar surface area (TPSA) is 90.6 Å². The van der Waals surface area contributed by atoms with E-state index in [1.807, 2.05) is 0 Å². The van der Waals surface area contributed by atoms with Crippen LogP contribution in [0.2, 0.25) is 0 Å². The van der Waals surface area contributed by atoms with Gasteiger partial charge in [0, 0.05) is 28.7 Å². The molecule has 1 saturated heterocycles. The van der Waals surface area contributed by atoms with Gasteiger partial charge in [-0.15, -0.1) is 0 Å². The molecule has 2 aromatic rings. The van der Waals surface area contributed by atoms with Crippen molar-refractivity contribution >= 4 is 17.5 Å². The number of rotatable bonds is 6. The second-order valence-electron chi connectivity index (χ2n) is 8.05. The molecule has 0 unspecified atom stereocenters. The summed E-state index contributed by atoms with van der Waals surface area (Å²) >= 11 is 0. The minimum absolute atomic E-state index is 0.0200. The van der Waals surface area contributed by atoms with Gasteiger partial charge in [0.2, 0.25) is 11.7 Å². The van der Waals surface area contributed by atoms with Crippen LogP contribution in [0.25, 0.3) is 0 Å². The first-order valence-corrected chi connectivity index (χ1v) is 10.1. The molecule has 0 bridgehead atoms. The maximum atomic E-state index is 14.4. The summed E-state index contributed by atoms with van der Waals surface area (Å²) in [6.07, 6.45) is -7.04. The number of carbonyl (C=O) groups is 2. The fraction of sp³-hybridized carbons (Fsp3) is 0.364. The van der Waals surface area contributed by atoms with Crippen LogP contribution in [0.4, 0.5) is 36.4 Å². The summed E-state index contributed by atoms with van der Waals surface area (Å²) in [4.78, 5) is 24.4. The van der Waals surface area contributed by atoms with Crippen molar-refractivity contribution in [2.75, 3.05) is 5.32 Å². The highest BCUT2D eigenvalue weighted by atomic mass is 19.4. The number of carbonyl (C=O) groups excluding carboxylic acids is 2. The minimum atomic E-state index is -5.03. The van der Waals surface area contributed by atoms with Crippen molar-refractivity contribution < 1.29 is 49.8 Å². The SMILES string of the molecule is C[C@@H]1[C@H](c2ccc(F)c(F)c2OC(F)F)[C@@H](C(=O)Nc2cccc(C(N)=O)c2)O[C@]1(C)C(F)(F)F. The fourth-order valence-corrected chi connectivity index (χ4v) is 4.01. The van der Waals surface area contributed by atoms with Crippen LogP contribution in [0.5, 0.6) is 5.75 Å². The molecule has 1 heterocycles. The highest BCUT2D eigenvalue weighted by molar-refractivity contribution is 5.98. The van der Waals surface area contributed by atoms with Crippen LogP contribution < -0.4 is 15.8 Å². The quantitative estimate of drug-likeness (QED) is 0.552. The van der Waals surface area contributed by atoms with E-state index in [-0.39, 0.29) is 11.3 Å². The predicted octanol–water partition coefficient (Wildman–Crippen LogP) is 4.74. The molecule has 6 nitrogen and oxygen atoms in total. The van der Waals surface area contributed by atoms with E-state index in [0.717, 1.165) is 19.1 Å². The molecular formula is C22H19F7N2O4. The third-order valence-corrected chi connectivity index (χ3v) is 5.99. The third-order valence-electron chi connectivity index (χ3n) is 5.99. The normalized spacial score (nSPS) is 24.5. The van der Waals surface area contributed by atoms with Crippen molar-refractivity contribution in [1.82, 2.24) is 0 Å². The van der Waals surface area contributed by atoms with Gasteiger partial charge < -0.3 is 20.5 Å². The standard InChI is InChI=1S/C22H19F7N2O4/c1-9-14(12-6-7-13(23)15(24)16(12)34-20(25)26)17(35-21(9,2)22(27,28)29)19(33)31-11-5-3-4-10(8-11)18(30)32/h3-9,14,17,20H,1-2H3,(H2,30,32)(H,31,33)/t9-,14-,17+,21+/m1/s1. The third kappa shape index (κ3) is 4.90. The number of nitrogens with two attached hydrogens (primary N) is 1. The van der Waals surface area contributed by atoms with Gasteiger partial charge in [0.1, 0.15) is 6.10 Å². The Bertz CT molecular complexity index is 1140. The molecule has 2 amide bonds. The predicted molar refractivity (Wildman–Crippen MR) is 108 cm³/mol. The largest absolute Gasteiger partial charge is 0.431 e. The summed E-state index contributed by atoms with van der Waals surface area (Å²) in [5.41, 5.74) is 1.54. The van der Waals surface area contributed by atoms with Gasteiger partial charge in [0.05, 0.1) is 0 Å². The Hall–Kier alpha value is -3.35. The first-order valence-electron chi connectivity index (χ1n) is 10.1. The molecule has 0 spiro atoms. The monoisotopic (exact) mass is 508 g/mol. The lowest BCUT2D eigenvalue weighted by Crippen LogP contribution is -2.47. The van der Waals surface area contributed by atoms with Crippen molar-refractivity contribution in [2.45, 2.75) is 44.3 Å². The first kappa shape index (κ1) is 26.3. The Morgan fingerprint density at radius 3 is 2.40 bits per heavy atom. The van der Waals surface area contributed by atoms with Gasteiger partial charge in [-0.2, -0.15) is 26.3 Å².